The van der Waals surface area contributed by atoms with E-state index in [4.69, 9.17) is 0 Å². The number of alkyl halides is 1. The van der Waals surface area contributed by atoms with Crippen LogP contribution < -0.4 is 0 Å². The van der Waals surface area contributed by atoms with Gasteiger partial charge in [-0.2, -0.15) is 0 Å². The SMILES string of the molecule is CC1(C(=O)N2CCCCCC2CBr)CCCS1. The lowest BCUT2D eigenvalue weighted by molar-refractivity contribution is -0.135. The number of halogens is 1. The first-order valence-corrected chi connectivity index (χ1v) is 8.79. The van der Waals surface area contributed by atoms with Crippen molar-refractivity contribution < 1.29 is 4.79 Å². The minimum atomic E-state index is -0.134. The number of likely N-dealkylation sites (tertiary alicyclic amines) is 1. The van der Waals surface area contributed by atoms with Crippen molar-refractivity contribution in [1.82, 2.24) is 4.90 Å². The minimum absolute atomic E-state index is 0.134. The summed E-state index contributed by atoms with van der Waals surface area (Å²) in [6.45, 7) is 3.11. The number of hydrogen-bond acceptors (Lipinski definition) is 2. The van der Waals surface area contributed by atoms with Gasteiger partial charge in [0, 0.05) is 17.9 Å². The van der Waals surface area contributed by atoms with Gasteiger partial charge in [-0.3, -0.25) is 4.79 Å². The van der Waals surface area contributed by atoms with Crippen molar-refractivity contribution >= 4 is 33.6 Å². The van der Waals surface area contributed by atoms with E-state index < -0.39 is 0 Å². The van der Waals surface area contributed by atoms with Gasteiger partial charge in [-0.05, 0) is 38.4 Å². The Kier molecular flexibility index (Phi) is 4.81. The third-order valence-corrected chi connectivity index (χ3v) is 6.24. The van der Waals surface area contributed by atoms with Gasteiger partial charge in [0.2, 0.25) is 5.91 Å². The Morgan fingerprint density at radius 3 is 2.88 bits per heavy atom. The van der Waals surface area contributed by atoms with Crippen molar-refractivity contribution in [2.45, 2.75) is 56.2 Å². The second-order valence-corrected chi connectivity index (χ2v) is 7.58. The lowest BCUT2D eigenvalue weighted by Gasteiger charge is -2.35. The highest BCUT2D eigenvalue weighted by Crippen LogP contribution is 2.40. The zero-order valence-corrected chi connectivity index (χ0v) is 13.0. The van der Waals surface area contributed by atoms with Crippen LogP contribution in [0.4, 0.5) is 0 Å². The van der Waals surface area contributed by atoms with Gasteiger partial charge in [0.05, 0.1) is 4.75 Å². The molecule has 2 saturated heterocycles. The molecule has 0 aromatic heterocycles. The molecular weight excluding hydrogens is 298 g/mol. The molecule has 2 aliphatic heterocycles. The van der Waals surface area contributed by atoms with E-state index in [1.165, 1.54) is 25.7 Å². The van der Waals surface area contributed by atoms with Gasteiger partial charge in [0.25, 0.3) is 0 Å². The monoisotopic (exact) mass is 319 g/mol. The molecule has 1 amide bonds. The number of rotatable bonds is 2. The van der Waals surface area contributed by atoms with Crippen LogP contribution in [-0.2, 0) is 4.79 Å². The van der Waals surface area contributed by atoms with Gasteiger partial charge >= 0.3 is 0 Å². The van der Waals surface area contributed by atoms with E-state index in [1.54, 1.807) is 0 Å². The van der Waals surface area contributed by atoms with E-state index in [9.17, 15) is 4.79 Å². The Morgan fingerprint density at radius 2 is 2.24 bits per heavy atom. The zero-order valence-electron chi connectivity index (χ0n) is 10.6. The second kappa shape index (κ2) is 5.96. The van der Waals surface area contributed by atoms with E-state index in [0.717, 1.165) is 30.5 Å². The van der Waals surface area contributed by atoms with Crippen LogP contribution in [0.15, 0.2) is 0 Å². The fourth-order valence-electron chi connectivity index (χ4n) is 2.86. The van der Waals surface area contributed by atoms with Crippen molar-refractivity contribution in [2.24, 2.45) is 0 Å². The molecule has 0 spiro atoms. The Bertz CT molecular complexity index is 279. The first-order valence-electron chi connectivity index (χ1n) is 6.68. The van der Waals surface area contributed by atoms with Gasteiger partial charge in [0.15, 0.2) is 0 Å². The molecule has 2 heterocycles. The van der Waals surface area contributed by atoms with Crippen LogP contribution in [-0.4, -0.2) is 39.2 Å². The van der Waals surface area contributed by atoms with E-state index in [2.05, 4.69) is 27.8 Å². The number of thioether (sulfide) groups is 1. The summed E-state index contributed by atoms with van der Waals surface area (Å²) >= 11 is 5.44. The third kappa shape index (κ3) is 3.01. The fraction of sp³-hybridized carbons (Fsp3) is 0.923. The van der Waals surface area contributed by atoms with Gasteiger partial charge in [-0.1, -0.05) is 28.8 Å². The van der Waals surface area contributed by atoms with Crippen molar-refractivity contribution in [1.29, 1.82) is 0 Å². The number of carbonyl (C=O) groups excluding carboxylic acids is 1. The molecule has 2 atom stereocenters. The molecule has 0 saturated carbocycles. The maximum Gasteiger partial charge on any atom is 0.238 e. The van der Waals surface area contributed by atoms with Gasteiger partial charge in [-0.15, -0.1) is 11.8 Å². The quantitative estimate of drug-likeness (QED) is 0.727. The summed E-state index contributed by atoms with van der Waals surface area (Å²) in [5, 5.41) is 0.930. The first kappa shape index (κ1) is 13.7. The highest BCUT2D eigenvalue weighted by Gasteiger charge is 2.41. The molecule has 0 N–H and O–H groups in total. The maximum atomic E-state index is 12.7. The number of carbonyl (C=O) groups is 1. The molecule has 0 radical (unpaired) electrons. The topological polar surface area (TPSA) is 20.3 Å². The molecule has 0 aromatic carbocycles. The molecule has 2 fully saturated rings. The summed E-state index contributed by atoms with van der Waals surface area (Å²) < 4.78 is -0.134. The lowest BCUT2D eigenvalue weighted by atomic mass is 10.0. The molecule has 0 bridgehead atoms. The van der Waals surface area contributed by atoms with Crippen molar-refractivity contribution in [3.8, 4) is 0 Å². The Balaban J connectivity index is 2.09. The number of hydrogen-bond donors (Lipinski definition) is 0. The summed E-state index contributed by atoms with van der Waals surface area (Å²) in [5.74, 6) is 1.54. The molecule has 2 aliphatic rings. The molecule has 0 aliphatic carbocycles. The fourth-order valence-corrected chi connectivity index (χ4v) is 4.80. The van der Waals surface area contributed by atoms with E-state index >= 15 is 0 Å². The lowest BCUT2D eigenvalue weighted by Crippen LogP contribution is -2.49. The number of nitrogens with zero attached hydrogens (tertiary/aromatic N) is 1. The smallest absolute Gasteiger partial charge is 0.238 e. The molecule has 0 aromatic rings. The van der Waals surface area contributed by atoms with Crippen LogP contribution >= 0.6 is 27.7 Å². The summed E-state index contributed by atoms with van der Waals surface area (Å²) in [7, 11) is 0. The predicted molar refractivity (Wildman–Crippen MR) is 77.9 cm³/mol. The molecule has 4 heteroatoms. The normalized spacial score (nSPS) is 34.7. The van der Waals surface area contributed by atoms with Crippen molar-refractivity contribution in [3.63, 3.8) is 0 Å². The largest absolute Gasteiger partial charge is 0.338 e. The summed E-state index contributed by atoms with van der Waals surface area (Å²) in [5.41, 5.74) is 0. The van der Waals surface area contributed by atoms with Crippen LogP contribution in [0.3, 0.4) is 0 Å². The van der Waals surface area contributed by atoms with Crippen LogP contribution in [0.2, 0.25) is 0 Å². The molecule has 2 rings (SSSR count). The summed E-state index contributed by atoms with van der Waals surface area (Å²) in [6, 6.07) is 0.419. The van der Waals surface area contributed by atoms with Crippen molar-refractivity contribution in [2.75, 3.05) is 17.6 Å². The van der Waals surface area contributed by atoms with Gasteiger partial charge < -0.3 is 4.90 Å². The second-order valence-electron chi connectivity index (χ2n) is 5.34. The summed E-state index contributed by atoms with van der Waals surface area (Å²) in [6.07, 6.45) is 7.14. The first-order chi connectivity index (χ1) is 8.17. The van der Waals surface area contributed by atoms with Crippen LogP contribution in [0.1, 0.15) is 45.4 Å². The maximum absolute atomic E-state index is 12.7. The zero-order chi connectivity index (χ0) is 12.3. The highest BCUT2D eigenvalue weighted by atomic mass is 79.9. The van der Waals surface area contributed by atoms with Crippen molar-refractivity contribution in [3.05, 3.63) is 0 Å². The molecule has 17 heavy (non-hydrogen) atoms. The van der Waals surface area contributed by atoms with E-state index in [-0.39, 0.29) is 4.75 Å². The Morgan fingerprint density at radius 1 is 1.41 bits per heavy atom. The highest BCUT2D eigenvalue weighted by molar-refractivity contribution is 9.09. The average Bonchev–Trinajstić information content (AvgIpc) is 2.65. The standard InChI is InChI=1S/C13H22BrNOS/c1-13(7-5-9-17-13)12(16)15-8-4-2-3-6-11(15)10-14/h11H,2-10H2,1H3. The Hall–Kier alpha value is 0.300. The predicted octanol–water partition coefficient (Wildman–Crippen LogP) is 3.44. The van der Waals surface area contributed by atoms with E-state index in [0.29, 0.717) is 11.9 Å². The third-order valence-electron chi connectivity index (χ3n) is 3.99. The molecule has 2 nitrogen and oxygen atoms in total. The Labute approximate surface area is 117 Å². The van der Waals surface area contributed by atoms with Gasteiger partial charge in [-0.25, -0.2) is 0 Å². The summed E-state index contributed by atoms with van der Waals surface area (Å²) in [4.78, 5) is 14.9. The molecule has 98 valence electrons. The van der Waals surface area contributed by atoms with Crippen LogP contribution in [0, 0.1) is 0 Å². The van der Waals surface area contributed by atoms with Crippen LogP contribution in [0.5, 0.6) is 0 Å². The molecular formula is C13H22BrNOS. The van der Waals surface area contributed by atoms with E-state index in [1.807, 2.05) is 11.8 Å². The average molecular weight is 320 g/mol. The van der Waals surface area contributed by atoms with Gasteiger partial charge in [0.1, 0.15) is 0 Å². The minimum Gasteiger partial charge on any atom is -0.338 e. The molecule has 2 unspecified atom stereocenters. The number of amides is 1. The van der Waals surface area contributed by atoms with Crippen LogP contribution in [0.25, 0.3) is 0 Å².